The van der Waals surface area contributed by atoms with Gasteiger partial charge in [0.1, 0.15) is 0 Å². The number of carbonyl (C=O) groups is 2. The molecule has 1 aromatic heterocycles. The predicted molar refractivity (Wildman–Crippen MR) is 130 cm³/mol. The van der Waals surface area contributed by atoms with Crippen molar-refractivity contribution in [3.63, 3.8) is 0 Å². The fourth-order valence-corrected chi connectivity index (χ4v) is 4.81. The molecule has 4 nitrogen and oxygen atoms in total. The molecule has 0 radical (unpaired) electrons. The molecule has 3 aromatic carbocycles. The molecule has 1 aliphatic heterocycles. The number of hydrogen-bond donors (Lipinski definition) is 0. The number of fused-ring (bicyclic) bond motifs is 2. The van der Waals surface area contributed by atoms with Gasteiger partial charge in [0.25, 0.3) is 11.8 Å². The standard InChI is InChI=1S/C27H22N2O2S/c1-28(27(31)25-11-6-16-32-25)23-14-12-19(13-15-23)26(30)29-18-22-9-3-2-7-20(22)17-21-8-4-5-10-24(21)29/h2-16H,17-18H2,1H3. The summed E-state index contributed by atoms with van der Waals surface area (Å²) in [4.78, 5) is 30.4. The number of nitrogens with zero attached hydrogens (tertiary/aromatic N) is 2. The molecule has 0 saturated carbocycles. The van der Waals surface area contributed by atoms with E-state index in [0.717, 1.165) is 28.9 Å². The molecule has 32 heavy (non-hydrogen) atoms. The molecule has 0 unspecified atom stereocenters. The molecule has 4 aromatic rings. The molecule has 0 saturated heterocycles. The first kappa shape index (κ1) is 20.2. The Morgan fingerprint density at radius 2 is 1.50 bits per heavy atom. The van der Waals surface area contributed by atoms with E-state index in [4.69, 9.17) is 0 Å². The first-order valence-electron chi connectivity index (χ1n) is 10.5. The highest BCUT2D eigenvalue weighted by Crippen LogP contribution is 2.32. The van der Waals surface area contributed by atoms with Gasteiger partial charge in [-0.2, -0.15) is 0 Å². The number of anilines is 2. The van der Waals surface area contributed by atoms with Crippen molar-refractivity contribution in [2.24, 2.45) is 0 Å². The van der Waals surface area contributed by atoms with Crippen LogP contribution < -0.4 is 9.80 Å². The number of para-hydroxylation sites is 1. The van der Waals surface area contributed by atoms with Crippen molar-refractivity contribution in [1.82, 2.24) is 0 Å². The minimum absolute atomic E-state index is 0.0482. The molecular formula is C27H22N2O2S. The van der Waals surface area contributed by atoms with Crippen LogP contribution in [0.15, 0.2) is 90.3 Å². The summed E-state index contributed by atoms with van der Waals surface area (Å²) in [6.45, 7) is 0.532. The van der Waals surface area contributed by atoms with E-state index in [2.05, 4.69) is 18.2 Å². The lowest BCUT2D eigenvalue weighted by Crippen LogP contribution is -2.30. The van der Waals surface area contributed by atoms with Crippen LogP contribution in [0.5, 0.6) is 0 Å². The Bertz CT molecular complexity index is 1280. The van der Waals surface area contributed by atoms with Crippen LogP contribution in [0.1, 0.15) is 36.7 Å². The van der Waals surface area contributed by atoms with Crippen LogP contribution in [0, 0.1) is 0 Å². The topological polar surface area (TPSA) is 40.6 Å². The summed E-state index contributed by atoms with van der Waals surface area (Å²) in [6.07, 6.45) is 0.810. The summed E-state index contributed by atoms with van der Waals surface area (Å²) < 4.78 is 0. The van der Waals surface area contributed by atoms with Gasteiger partial charge < -0.3 is 9.80 Å². The quantitative estimate of drug-likeness (QED) is 0.407. The second-order valence-electron chi connectivity index (χ2n) is 7.85. The van der Waals surface area contributed by atoms with Crippen molar-refractivity contribution < 1.29 is 9.59 Å². The Balaban J connectivity index is 1.44. The summed E-state index contributed by atoms with van der Waals surface area (Å²) in [6, 6.07) is 27.3. The van der Waals surface area contributed by atoms with E-state index in [1.165, 1.54) is 16.9 Å². The van der Waals surface area contributed by atoms with Crippen LogP contribution in [-0.4, -0.2) is 18.9 Å². The maximum absolute atomic E-state index is 13.6. The van der Waals surface area contributed by atoms with Gasteiger partial charge in [0.2, 0.25) is 0 Å². The molecule has 0 spiro atoms. The largest absolute Gasteiger partial charge is 0.311 e. The van der Waals surface area contributed by atoms with E-state index in [-0.39, 0.29) is 11.8 Å². The Hall–Kier alpha value is -3.70. The van der Waals surface area contributed by atoms with Crippen LogP contribution in [0.4, 0.5) is 11.4 Å². The monoisotopic (exact) mass is 438 g/mol. The van der Waals surface area contributed by atoms with Crippen LogP contribution in [-0.2, 0) is 13.0 Å². The van der Waals surface area contributed by atoms with E-state index in [0.29, 0.717) is 17.0 Å². The number of rotatable bonds is 3. The molecule has 5 rings (SSSR count). The fraction of sp³-hybridized carbons (Fsp3) is 0.111. The van der Waals surface area contributed by atoms with Crippen LogP contribution in [0.3, 0.4) is 0 Å². The van der Waals surface area contributed by atoms with Gasteiger partial charge in [-0.05, 0) is 64.9 Å². The Labute approximate surface area is 191 Å². The van der Waals surface area contributed by atoms with Gasteiger partial charge in [-0.1, -0.05) is 48.5 Å². The smallest absolute Gasteiger partial charge is 0.268 e. The van der Waals surface area contributed by atoms with E-state index in [9.17, 15) is 9.59 Å². The first-order valence-corrected chi connectivity index (χ1v) is 11.4. The molecule has 0 atom stereocenters. The minimum Gasteiger partial charge on any atom is -0.311 e. The maximum Gasteiger partial charge on any atom is 0.268 e. The van der Waals surface area contributed by atoms with Crippen LogP contribution in [0.2, 0.25) is 0 Å². The van der Waals surface area contributed by atoms with Gasteiger partial charge in [-0.3, -0.25) is 9.59 Å². The van der Waals surface area contributed by atoms with E-state index >= 15 is 0 Å². The van der Waals surface area contributed by atoms with Crippen molar-refractivity contribution in [3.8, 4) is 0 Å². The van der Waals surface area contributed by atoms with Gasteiger partial charge in [0.15, 0.2) is 0 Å². The third-order valence-electron chi connectivity index (χ3n) is 5.89. The molecular weight excluding hydrogens is 416 g/mol. The summed E-state index contributed by atoms with van der Waals surface area (Å²) in [5.41, 5.74) is 5.85. The predicted octanol–water partition coefficient (Wildman–Crippen LogP) is 5.78. The number of thiophene rings is 1. The third-order valence-corrected chi connectivity index (χ3v) is 6.75. The molecule has 0 bridgehead atoms. The van der Waals surface area contributed by atoms with Gasteiger partial charge >= 0.3 is 0 Å². The molecule has 5 heteroatoms. The number of amides is 2. The van der Waals surface area contributed by atoms with Gasteiger partial charge in [-0.25, -0.2) is 0 Å². The Kier molecular flexibility index (Phi) is 5.33. The highest BCUT2D eigenvalue weighted by molar-refractivity contribution is 7.12. The molecule has 0 fully saturated rings. The number of hydrogen-bond acceptors (Lipinski definition) is 3. The number of benzene rings is 3. The SMILES string of the molecule is CN(C(=O)c1cccs1)c1ccc(C(=O)N2Cc3ccccc3Cc3ccccc32)cc1. The molecule has 1 aliphatic rings. The summed E-state index contributed by atoms with van der Waals surface area (Å²) in [5, 5.41) is 1.89. The molecule has 2 heterocycles. The Morgan fingerprint density at radius 1 is 0.812 bits per heavy atom. The highest BCUT2D eigenvalue weighted by atomic mass is 32.1. The van der Waals surface area contributed by atoms with Gasteiger partial charge in [0.05, 0.1) is 11.4 Å². The van der Waals surface area contributed by atoms with Crippen molar-refractivity contribution in [1.29, 1.82) is 0 Å². The van der Waals surface area contributed by atoms with Crippen molar-refractivity contribution in [3.05, 3.63) is 117 Å². The minimum atomic E-state index is -0.0582. The third kappa shape index (κ3) is 3.72. The lowest BCUT2D eigenvalue weighted by atomic mass is 10.0. The zero-order chi connectivity index (χ0) is 22.1. The second kappa shape index (κ2) is 8.44. The second-order valence-corrected chi connectivity index (χ2v) is 8.80. The summed E-state index contributed by atoms with van der Waals surface area (Å²) >= 11 is 1.42. The summed E-state index contributed by atoms with van der Waals surface area (Å²) in [7, 11) is 1.75. The maximum atomic E-state index is 13.6. The van der Waals surface area contributed by atoms with E-state index < -0.39 is 0 Å². The molecule has 158 valence electrons. The average molecular weight is 439 g/mol. The first-order chi connectivity index (χ1) is 15.6. The Morgan fingerprint density at radius 3 is 2.22 bits per heavy atom. The van der Waals surface area contributed by atoms with Crippen LogP contribution in [0.25, 0.3) is 0 Å². The van der Waals surface area contributed by atoms with Gasteiger partial charge in [-0.15, -0.1) is 11.3 Å². The average Bonchev–Trinajstić information content (AvgIpc) is 3.32. The molecule has 0 N–H and O–H groups in total. The normalized spacial score (nSPS) is 12.5. The van der Waals surface area contributed by atoms with Crippen molar-refractivity contribution in [2.75, 3.05) is 16.8 Å². The zero-order valence-electron chi connectivity index (χ0n) is 17.7. The van der Waals surface area contributed by atoms with Gasteiger partial charge in [0, 0.05) is 24.0 Å². The highest BCUT2D eigenvalue weighted by Gasteiger charge is 2.25. The number of carbonyl (C=O) groups excluding carboxylic acids is 2. The lowest BCUT2D eigenvalue weighted by Gasteiger charge is -2.24. The van der Waals surface area contributed by atoms with Crippen molar-refractivity contribution >= 4 is 34.5 Å². The van der Waals surface area contributed by atoms with Crippen LogP contribution >= 0.6 is 11.3 Å². The molecule has 2 amide bonds. The lowest BCUT2D eigenvalue weighted by molar-refractivity contribution is 0.0982. The summed E-state index contributed by atoms with van der Waals surface area (Å²) in [5.74, 6) is -0.106. The zero-order valence-corrected chi connectivity index (χ0v) is 18.5. The van der Waals surface area contributed by atoms with Crippen molar-refractivity contribution in [2.45, 2.75) is 13.0 Å². The van der Waals surface area contributed by atoms with E-state index in [1.54, 1.807) is 24.1 Å². The molecule has 0 aliphatic carbocycles. The van der Waals surface area contributed by atoms with E-state index in [1.807, 2.05) is 64.9 Å². The fourth-order valence-electron chi connectivity index (χ4n) is 4.12.